The molecule has 2 aliphatic rings. The molecule has 2 atom stereocenters. The van der Waals surface area contributed by atoms with E-state index in [2.05, 4.69) is 77.2 Å². The van der Waals surface area contributed by atoms with Crippen LogP contribution >= 0.6 is 23.5 Å². The molecule has 2 rings (SSSR count). The van der Waals surface area contributed by atoms with Crippen LogP contribution in [0.3, 0.4) is 0 Å². The second-order valence-corrected chi connectivity index (χ2v) is 9.17. The van der Waals surface area contributed by atoms with Crippen LogP contribution in [0.4, 0.5) is 0 Å². The second kappa shape index (κ2) is 3.84. The quantitative estimate of drug-likeness (QED) is 0.591. The van der Waals surface area contributed by atoms with Gasteiger partial charge in [0.15, 0.2) is 0 Å². The molecule has 0 saturated heterocycles. The van der Waals surface area contributed by atoms with E-state index in [-0.39, 0.29) is 0 Å². The number of allylic oxidation sites excluding steroid dienone is 2. The lowest BCUT2D eigenvalue weighted by molar-refractivity contribution is 0.532. The van der Waals surface area contributed by atoms with Crippen LogP contribution < -0.4 is 0 Å². The summed E-state index contributed by atoms with van der Waals surface area (Å²) in [5.74, 6) is 0. The Morgan fingerprint density at radius 1 is 0.750 bits per heavy atom. The van der Waals surface area contributed by atoms with Gasteiger partial charge in [-0.1, -0.05) is 53.7 Å². The SMILES string of the molecule is CC(C)(C)C1=CC2SC(C(C)(C)C)=CC2S1. The van der Waals surface area contributed by atoms with Gasteiger partial charge in [-0.3, -0.25) is 0 Å². The second-order valence-electron chi connectivity index (χ2n) is 6.73. The molecule has 0 radical (unpaired) electrons. The summed E-state index contributed by atoms with van der Waals surface area (Å²) in [6.45, 7) is 13.9. The highest BCUT2D eigenvalue weighted by atomic mass is 32.2. The van der Waals surface area contributed by atoms with Crippen LogP contribution in [-0.2, 0) is 0 Å². The lowest BCUT2D eigenvalue weighted by Crippen LogP contribution is -2.07. The average molecular weight is 254 g/mol. The summed E-state index contributed by atoms with van der Waals surface area (Å²) in [5, 5.41) is 1.38. The van der Waals surface area contributed by atoms with E-state index in [4.69, 9.17) is 0 Å². The summed E-state index contributed by atoms with van der Waals surface area (Å²) in [5.41, 5.74) is 0.649. The zero-order chi connectivity index (χ0) is 12.1. The highest BCUT2D eigenvalue weighted by Gasteiger charge is 2.39. The molecule has 0 spiro atoms. The Bertz CT molecular complexity index is 314. The minimum Gasteiger partial charge on any atom is -0.121 e. The van der Waals surface area contributed by atoms with Crippen molar-refractivity contribution >= 4 is 23.5 Å². The van der Waals surface area contributed by atoms with E-state index in [1.165, 1.54) is 0 Å². The Kier molecular flexibility index (Phi) is 3.03. The molecule has 16 heavy (non-hydrogen) atoms. The Balaban J connectivity index is 2.11. The van der Waals surface area contributed by atoms with Crippen LogP contribution in [0.25, 0.3) is 0 Å². The molecule has 0 N–H and O–H groups in total. The van der Waals surface area contributed by atoms with Crippen LogP contribution in [0, 0.1) is 10.8 Å². The molecule has 0 aromatic rings. The molecule has 2 heterocycles. The summed E-state index contributed by atoms with van der Waals surface area (Å²) in [6.07, 6.45) is 4.99. The standard InChI is InChI=1S/C14H22S2/c1-13(2,3)11-7-9-10(15-11)8-12(16-9)14(4,5)6/h7-10H,1-6H3. The highest BCUT2D eigenvalue weighted by molar-refractivity contribution is 8.09. The first-order valence-corrected chi connectivity index (χ1v) is 7.72. The smallest absolute Gasteiger partial charge is 0.0440 e. The largest absolute Gasteiger partial charge is 0.121 e. The molecule has 0 amide bonds. The third-order valence-corrected chi connectivity index (χ3v) is 6.54. The Hall–Kier alpha value is 0.180. The van der Waals surface area contributed by atoms with Gasteiger partial charge >= 0.3 is 0 Å². The maximum absolute atomic E-state index is 2.50. The number of rotatable bonds is 0. The predicted molar refractivity (Wildman–Crippen MR) is 77.8 cm³/mol. The van der Waals surface area contributed by atoms with Gasteiger partial charge in [-0.15, -0.1) is 23.5 Å². The Morgan fingerprint density at radius 2 is 1.06 bits per heavy atom. The van der Waals surface area contributed by atoms with E-state index in [1.54, 1.807) is 9.81 Å². The first-order chi connectivity index (χ1) is 7.18. The number of fused-ring (bicyclic) bond motifs is 1. The molecule has 0 fully saturated rings. The third-order valence-electron chi connectivity index (χ3n) is 2.96. The van der Waals surface area contributed by atoms with Crippen LogP contribution in [0.1, 0.15) is 41.5 Å². The van der Waals surface area contributed by atoms with Crippen molar-refractivity contribution in [3.8, 4) is 0 Å². The molecule has 2 aliphatic heterocycles. The van der Waals surface area contributed by atoms with E-state index in [9.17, 15) is 0 Å². The summed E-state index contributed by atoms with van der Waals surface area (Å²) in [6, 6.07) is 0. The molecule has 0 aromatic carbocycles. The lowest BCUT2D eigenvalue weighted by atomic mass is 9.94. The van der Waals surface area contributed by atoms with E-state index in [1.807, 2.05) is 0 Å². The van der Waals surface area contributed by atoms with Crippen molar-refractivity contribution in [1.82, 2.24) is 0 Å². The van der Waals surface area contributed by atoms with Crippen LogP contribution in [-0.4, -0.2) is 10.5 Å². The fourth-order valence-corrected chi connectivity index (χ4v) is 5.00. The molecule has 0 bridgehead atoms. The van der Waals surface area contributed by atoms with Gasteiger partial charge in [0, 0.05) is 10.5 Å². The van der Waals surface area contributed by atoms with Gasteiger partial charge in [-0.05, 0) is 20.6 Å². The van der Waals surface area contributed by atoms with Crippen LogP contribution in [0.2, 0.25) is 0 Å². The molecular weight excluding hydrogens is 232 g/mol. The minimum atomic E-state index is 0.325. The number of hydrogen-bond donors (Lipinski definition) is 0. The monoisotopic (exact) mass is 254 g/mol. The normalized spacial score (nSPS) is 30.1. The van der Waals surface area contributed by atoms with E-state index < -0.39 is 0 Å². The lowest BCUT2D eigenvalue weighted by Gasteiger charge is -2.22. The van der Waals surface area contributed by atoms with Crippen molar-refractivity contribution in [1.29, 1.82) is 0 Å². The summed E-state index contributed by atoms with van der Waals surface area (Å²) in [4.78, 5) is 3.14. The van der Waals surface area contributed by atoms with Crippen molar-refractivity contribution in [3.63, 3.8) is 0 Å². The molecule has 2 unspecified atom stereocenters. The van der Waals surface area contributed by atoms with E-state index in [0.29, 0.717) is 21.3 Å². The predicted octanol–water partition coefficient (Wildman–Crippen LogP) is 5.08. The number of thioether (sulfide) groups is 2. The van der Waals surface area contributed by atoms with Gasteiger partial charge in [0.05, 0.1) is 0 Å². The van der Waals surface area contributed by atoms with E-state index >= 15 is 0 Å². The van der Waals surface area contributed by atoms with Gasteiger partial charge in [0.25, 0.3) is 0 Å². The Labute approximate surface area is 108 Å². The minimum absolute atomic E-state index is 0.325. The van der Waals surface area contributed by atoms with Crippen molar-refractivity contribution in [2.45, 2.75) is 52.0 Å². The molecule has 2 heteroatoms. The van der Waals surface area contributed by atoms with Gasteiger partial charge in [-0.25, -0.2) is 0 Å². The summed E-state index contributed by atoms with van der Waals surface area (Å²) < 4.78 is 0. The van der Waals surface area contributed by atoms with E-state index in [0.717, 1.165) is 0 Å². The topological polar surface area (TPSA) is 0 Å². The zero-order valence-electron chi connectivity index (χ0n) is 11.1. The average Bonchev–Trinajstić information content (AvgIpc) is 2.53. The highest BCUT2D eigenvalue weighted by Crippen LogP contribution is 2.55. The van der Waals surface area contributed by atoms with Crippen LogP contribution in [0.5, 0.6) is 0 Å². The Morgan fingerprint density at radius 3 is 1.31 bits per heavy atom. The fourth-order valence-electron chi connectivity index (χ4n) is 1.92. The molecular formula is C14H22S2. The summed E-state index contributed by atoms with van der Waals surface area (Å²) in [7, 11) is 0. The molecule has 0 nitrogen and oxygen atoms in total. The fraction of sp³-hybridized carbons (Fsp3) is 0.714. The third kappa shape index (κ3) is 2.38. The van der Waals surface area contributed by atoms with Crippen molar-refractivity contribution in [2.75, 3.05) is 0 Å². The first-order valence-electron chi connectivity index (χ1n) is 5.96. The van der Waals surface area contributed by atoms with Gasteiger partial charge in [-0.2, -0.15) is 0 Å². The van der Waals surface area contributed by atoms with Gasteiger partial charge in [0.1, 0.15) is 0 Å². The number of hydrogen-bond acceptors (Lipinski definition) is 2. The molecule has 90 valence electrons. The maximum atomic E-state index is 2.50. The molecule has 0 aliphatic carbocycles. The molecule has 0 aromatic heterocycles. The van der Waals surface area contributed by atoms with Crippen molar-refractivity contribution < 1.29 is 0 Å². The zero-order valence-corrected chi connectivity index (χ0v) is 12.8. The summed E-state index contributed by atoms with van der Waals surface area (Å²) >= 11 is 4.14. The van der Waals surface area contributed by atoms with Crippen LogP contribution in [0.15, 0.2) is 22.0 Å². The van der Waals surface area contributed by atoms with Gasteiger partial charge < -0.3 is 0 Å². The van der Waals surface area contributed by atoms with Crippen molar-refractivity contribution in [2.24, 2.45) is 10.8 Å². The van der Waals surface area contributed by atoms with Gasteiger partial charge in [0.2, 0.25) is 0 Å². The molecule has 0 saturated carbocycles. The first kappa shape index (κ1) is 12.6. The van der Waals surface area contributed by atoms with Crippen molar-refractivity contribution in [3.05, 3.63) is 22.0 Å². The maximum Gasteiger partial charge on any atom is 0.0440 e.